The molecule has 1 fully saturated rings. The summed E-state index contributed by atoms with van der Waals surface area (Å²) in [6.45, 7) is 2.49. The lowest BCUT2D eigenvalue weighted by Crippen LogP contribution is -2.38. The highest BCUT2D eigenvalue weighted by atomic mass is 16.2. The molecule has 1 amide bonds. The van der Waals surface area contributed by atoms with Gasteiger partial charge in [-0.05, 0) is 44.2 Å². The molecule has 1 aliphatic carbocycles. The van der Waals surface area contributed by atoms with Crippen LogP contribution in [0.3, 0.4) is 0 Å². The molecule has 0 bridgehead atoms. The van der Waals surface area contributed by atoms with E-state index in [4.69, 9.17) is 0 Å². The van der Waals surface area contributed by atoms with Gasteiger partial charge in [0.15, 0.2) is 5.78 Å². The third-order valence-corrected chi connectivity index (χ3v) is 6.03. The molecule has 27 heavy (non-hydrogen) atoms. The van der Waals surface area contributed by atoms with E-state index in [1.54, 1.807) is 0 Å². The van der Waals surface area contributed by atoms with E-state index in [1.165, 1.54) is 30.6 Å². The Labute approximate surface area is 159 Å². The largest absolute Gasteiger partial charge is 0.373 e. The van der Waals surface area contributed by atoms with E-state index in [-0.39, 0.29) is 29.0 Å². The highest BCUT2D eigenvalue weighted by molar-refractivity contribution is 5.94. The Hall–Kier alpha value is -2.76. The predicted molar refractivity (Wildman–Crippen MR) is 104 cm³/mol. The quantitative estimate of drug-likeness (QED) is 0.847. The third-order valence-electron chi connectivity index (χ3n) is 6.03. The van der Waals surface area contributed by atoms with Gasteiger partial charge in [0.05, 0.1) is 5.56 Å². The number of rotatable bonds is 3. The van der Waals surface area contributed by atoms with Crippen LogP contribution in [-0.4, -0.2) is 35.3 Å². The van der Waals surface area contributed by atoms with Crippen LogP contribution in [0.5, 0.6) is 0 Å². The van der Waals surface area contributed by atoms with Crippen molar-refractivity contribution in [1.29, 1.82) is 0 Å². The van der Waals surface area contributed by atoms with Crippen molar-refractivity contribution in [1.82, 2.24) is 9.97 Å². The number of para-hydroxylation sites is 1. The van der Waals surface area contributed by atoms with Crippen LogP contribution in [0.2, 0.25) is 0 Å². The first kappa shape index (κ1) is 17.6. The van der Waals surface area contributed by atoms with Crippen molar-refractivity contribution in [3.8, 4) is 0 Å². The van der Waals surface area contributed by atoms with Crippen LogP contribution in [0.15, 0.2) is 36.7 Å². The fourth-order valence-electron chi connectivity index (χ4n) is 4.53. The maximum atomic E-state index is 12.6. The maximum Gasteiger partial charge on any atom is 0.229 e. The minimum absolute atomic E-state index is 0.0234. The summed E-state index contributed by atoms with van der Waals surface area (Å²) in [5, 5.41) is 2.80. The average molecular weight is 364 g/mol. The summed E-state index contributed by atoms with van der Waals surface area (Å²) in [5.41, 5.74) is 3.35. The molecule has 0 radical (unpaired) electrons. The van der Waals surface area contributed by atoms with Crippen molar-refractivity contribution >= 4 is 23.3 Å². The molecule has 2 aromatic rings. The van der Waals surface area contributed by atoms with E-state index in [9.17, 15) is 9.59 Å². The fraction of sp³-hybridized carbons (Fsp3) is 0.429. The highest BCUT2D eigenvalue weighted by Crippen LogP contribution is 2.49. The number of likely N-dealkylation sites (N-methyl/N-ethyl adjacent to an activating group) is 1. The van der Waals surface area contributed by atoms with Gasteiger partial charge in [-0.15, -0.1) is 0 Å². The van der Waals surface area contributed by atoms with Crippen molar-refractivity contribution in [3.05, 3.63) is 47.8 Å². The lowest BCUT2D eigenvalue weighted by atomic mass is 9.67. The van der Waals surface area contributed by atoms with Crippen molar-refractivity contribution in [2.45, 2.75) is 38.0 Å². The summed E-state index contributed by atoms with van der Waals surface area (Å²) in [7, 11) is 2.15. The number of carbonyl (C=O) groups excluding carboxylic acids is 2. The number of aromatic nitrogens is 2. The van der Waals surface area contributed by atoms with E-state index in [0.717, 1.165) is 32.2 Å². The van der Waals surface area contributed by atoms with Crippen molar-refractivity contribution in [2.75, 3.05) is 23.8 Å². The van der Waals surface area contributed by atoms with Gasteiger partial charge < -0.3 is 4.90 Å². The molecule has 1 N–H and O–H groups in total. The lowest BCUT2D eigenvalue weighted by molar-refractivity contribution is -0.121. The molecule has 1 aromatic carbocycles. The molecular formula is C21H24N4O2. The number of nitrogens with zero attached hydrogens (tertiary/aromatic N) is 3. The standard InChI is InChI=1S/C21H24N4O2/c1-14(26)16-11-22-20(23-12-16)24-19(27)15-7-9-21(10-8-15)13-25(2)18-6-4-3-5-17(18)21/h3-6,11-12,15H,7-10,13H2,1-2H3,(H,22,23,24,27). The van der Waals surface area contributed by atoms with Gasteiger partial charge in [-0.3, -0.25) is 14.9 Å². The first-order chi connectivity index (χ1) is 13.0. The molecule has 6 nitrogen and oxygen atoms in total. The van der Waals surface area contributed by atoms with Crippen LogP contribution in [0, 0.1) is 5.92 Å². The van der Waals surface area contributed by atoms with Gasteiger partial charge in [-0.1, -0.05) is 18.2 Å². The highest BCUT2D eigenvalue weighted by Gasteiger charge is 2.44. The van der Waals surface area contributed by atoms with Crippen LogP contribution in [0.4, 0.5) is 11.6 Å². The normalized spacial score (nSPS) is 23.9. The lowest BCUT2D eigenvalue weighted by Gasteiger charge is -2.37. The number of hydrogen-bond acceptors (Lipinski definition) is 5. The molecule has 140 valence electrons. The van der Waals surface area contributed by atoms with Crippen molar-refractivity contribution in [3.63, 3.8) is 0 Å². The summed E-state index contributed by atoms with van der Waals surface area (Å²) in [6, 6.07) is 8.62. The number of hydrogen-bond donors (Lipinski definition) is 1. The monoisotopic (exact) mass is 364 g/mol. The number of amides is 1. The fourth-order valence-corrected chi connectivity index (χ4v) is 4.53. The van der Waals surface area contributed by atoms with Crippen LogP contribution >= 0.6 is 0 Å². The Morgan fingerprint density at radius 3 is 2.48 bits per heavy atom. The second-order valence-electron chi connectivity index (χ2n) is 7.77. The number of fused-ring (bicyclic) bond motifs is 2. The van der Waals surface area contributed by atoms with Gasteiger partial charge in [0.2, 0.25) is 11.9 Å². The number of nitrogens with one attached hydrogen (secondary N) is 1. The van der Waals surface area contributed by atoms with Crippen LogP contribution in [0.1, 0.15) is 48.5 Å². The van der Waals surface area contributed by atoms with Crippen molar-refractivity contribution in [2.24, 2.45) is 5.92 Å². The topological polar surface area (TPSA) is 75.2 Å². The summed E-state index contributed by atoms with van der Waals surface area (Å²) in [5.74, 6) is 0.119. The summed E-state index contributed by atoms with van der Waals surface area (Å²) in [4.78, 5) is 34.4. The second kappa shape index (κ2) is 6.76. The zero-order valence-electron chi connectivity index (χ0n) is 15.7. The van der Waals surface area contributed by atoms with E-state index in [0.29, 0.717) is 5.56 Å². The predicted octanol–water partition coefficient (Wildman–Crippen LogP) is 3.20. The van der Waals surface area contributed by atoms with E-state index in [1.807, 2.05) is 0 Å². The Morgan fingerprint density at radius 2 is 1.81 bits per heavy atom. The number of Topliss-reactive ketones (excluding diaryl/α,β-unsaturated/α-hetero) is 1. The smallest absolute Gasteiger partial charge is 0.229 e. The molecule has 1 aliphatic heterocycles. The summed E-state index contributed by atoms with van der Waals surface area (Å²) >= 11 is 0. The first-order valence-electron chi connectivity index (χ1n) is 9.43. The Kier molecular flexibility index (Phi) is 4.42. The minimum atomic E-state index is -0.0905. The number of anilines is 2. The van der Waals surface area contributed by atoms with Gasteiger partial charge in [0, 0.05) is 43.0 Å². The van der Waals surface area contributed by atoms with E-state index in [2.05, 4.69) is 51.5 Å². The zero-order valence-corrected chi connectivity index (χ0v) is 15.7. The van der Waals surface area contributed by atoms with E-state index < -0.39 is 0 Å². The molecular weight excluding hydrogens is 340 g/mol. The van der Waals surface area contributed by atoms with Gasteiger partial charge in [0.25, 0.3) is 0 Å². The van der Waals surface area contributed by atoms with Gasteiger partial charge in [-0.25, -0.2) is 9.97 Å². The Balaban J connectivity index is 1.41. The molecule has 0 unspecified atom stereocenters. The summed E-state index contributed by atoms with van der Waals surface area (Å²) in [6.07, 6.45) is 6.64. The molecule has 6 heteroatoms. The average Bonchev–Trinajstić information content (AvgIpc) is 2.95. The van der Waals surface area contributed by atoms with Crippen LogP contribution in [0.25, 0.3) is 0 Å². The molecule has 4 rings (SSSR count). The molecule has 0 atom stereocenters. The minimum Gasteiger partial charge on any atom is -0.373 e. The Bertz CT molecular complexity index is 870. The van der Waals surface area contributed by atoms with Gasteiger partial charge in [0.1, 0.15) is 0 Å². The zero-order chi connectivity index (χ0) is 19.0. The molecule has 2 heterocycles. The number of carbonyl (C=O) groups is 2. The molecule has 1 saturated carbocycles. The van der Waals surface area contributed by atoms with Gasteiger partial charge in [-0.2, -0.15) is 0 Å². The molecule has 2 aliphatic rings. The SMILES string of the molecule is CC(=O)c1cnc(NC(=O)C2CCC3(CC2)CN(C)c2ccccc23)nc1. The third kappa shape index (κ3) is 3.20. The van der Waals surface area contributed by atoms with Crippen LogP contribution in [-0.2, 0) is 10.2 Å². The van der Waals surface area contributed by atoms with E-state index >= 15 is 0 Å². The molecule has 1 spiro atoms. The maximum absolute atomic E-state index is 12.6. The molecule has 1 aromatic heterocycles. The van der Waals surface area contributed by atoms with Crippen molar-refractivity contribution < 1.29 is 9.59 Å². The Morgan fingerprint density at radius 1 is 1.15 bits per heavy atom. The number of benzene rings is 1. The molecule has 0 saturated heterocycles. The second-order valence-corrected chi connectivity index (χ2v) is 7.77. The summed E-state index contributed by atoms with van der Waals surface area (Å²) < 4.78 is 0. The number of ketones is 1. The van der Waals surface area contributed by atoms with Crippen LogP contribution < -0.4 is 10.2 Å². The first-order valence-corrected chi connectivity index (χ1v) is 9.43. The van der Waals surface area contributed by atoms with Gasteiger partial charge >= 0.3 is 0 Å².